The number of methoxy groups -OCH3 is 1. The van der Waals surface area contributed by atoms with E-state index in [2.05, 4.69) is 17.5 Å². The molecule has 1 aromatic carbocycles. The standard InChI is InChI=1S/C18H25NO2/c1-21-16-12-13-17-15(14-16)10-8-6-4-2-3-5-7-9-11-18(20)19-17/h8,10,12-14H,2-7,9,11H2,1H3,(H,19,20)/b10-8+. The van der Waals surface area contributed by atoms with Crippen LogP contribution in [0.25, 0.3) is 6.08 Å². The Morgan fingerprint density at radius 1 is 1.05 bits per heavy atom. The molecular formula is C18H25NO2. The number of amides is 1. The third kappa shape index (κ3) is 5.25. The van der Waals surface area contributed by atoms with Crippen LogP contribution in [0.1, 0.15) is 56.9 Å². The number of nitrogens with one attached hydrogen (secondary N) is 1. The van der Waals surface area contributed by atoms with Crippen LogP contribution in [0.15, 0.2) is 24.3 Å². The van der Waals surface area contributed by atoms with Gasteiger partial charge in [-0.05, 0) is 37.5 Å². The summed E-state index contributed by atoms with van der Waals surface area (Å²) in [4.78, 5) is 12.0. The van der Waals surface area contributed by atoms with Gasteiger partial charge in [-0.25, -0.2) is 0 Å². The molecule has 0 aliphatic carbocycles. The lowest BCUT2D eigenvalue weighted by Crippen LogP contribution is -2.12. The van der Waals surface area contributed by atoms with E-state index in [1.807, 2.05) is 18.2 Å². The van der Waals surface area contributed by atoms with Crippen LogP contribution in [0.5, 0.6) is 5.75 Å². The first-order valence-corrected chi connectivity index (χ1v) is 7.94. The predicted octanol–water partition coefficient (Wildman–Crippen LogP) is 4.78. The average molecular weight is 287 g/mol. The Labute approximate surface area is 127 Å². The van der Waals surface area contributed by atoms with E-state index >= 15 is 0 Å². The van der Waals surface area contributed by atoms with Crippen molar-refractivity contribution < 1.29 is 9.53 Å². The van der Waals surface area contributed by atoms with Crippen molar-refractivity contribution in [3.8, 4) is 5.75 Å². The third-order valence-corrected chi connectivity index (χ3v) is 3.85. The number of carbonyl (C=O) groups excluding carboxylic acids is 1. The summed E-state index contributed by atoms with van der Waals surface area (Å²) in [5.74, 6) is 0.917. The number of fused-ring (bicyclic) bond motifs is 1. The van der Waals surface area contributed by atoms with Gasteiger partial charge in [0.1, 0.15) is 5.75 Å². The number of carbonyl (C=O) groups is 1. The van der Waals surface area contributed by atoms with Gasteiger partial charge in [0, 0.05) is 17.7 Å². The molecule has 1 amide bonds. The van der Waals surface area contributed by atoms with Crippen LogP contribution in [0.3, 0.4) is 0 Å². The second-order valence-electron chi connectivity index (χ2n) is 5.56. The quantitative estimate of drug-likeness (QED) is 0.807. The molecule has 1 N–H and O–H groups in total. The highest BCUT2D eigenvalue weighted by molar-refractivity contribution is 5.93. The molecule has 0 aromatic heterocycles. The summed E-state index contributed by atoms with van der Waals surface area (Å²) in [5, 5.41) is 3.02. The summed E-state index contributed by atoms with van der Waals surface area (Å²) in [5.41, 5.74) is 1.88. The van der Waals surface area contributed by atoms with E-state index in [0.717, 1.165) is 36.3 Å². The Morgan fingerprint density at radius 2 is 1.81 bits per heavy atom. The molecule has 0 saturated heterocycles. The van der Waals surface area contributed by atoms with Gasteiger partial charge >= 0.3 is 0 Å². The molecule has 0 fully saturated rings. The van der Waals surface area contributed by atoms with Crippen LogP contribution < -0.4 is 10.1 Å². The molecule has 1 heterocycles. The van der Waals surface area contributed by atoms with Crippen molar-refractivity contribution >= 4 is 17.7 Å². The molecule has 1 aromatic rings. The van der Waals surface area contributed by atoms with Gasteiger partial charge in [0.05, 0.1) is 7.11 Å². The van der Waals surface area contributed by atoms with E-state index in [1.165, 1.54) is 25.7 Å². The highest BCUT2D eigenvalue weighted by atomic mass is 16.5. The van der Waals surface area contributed by atoms with E-state index in [-0.39, 0.29) is 5.91 Å². The van der Waals surface area contributed by atoms with Gasteiger partial charge in [-0.2, -0.15) is 0 Å². The summed E-state index contributed by atoms with van der Waals surface area (Å²) in [6.07, 6.45) is 13.1. The number of hydrogen-bond donors (Lipinski definition) is 1. The Hall–Kier alpha value is -1.77. The molecule has 2 rings (SSSR count). The monoisotopic (exact) mass is 287 g/mol. The molecular weight excluding hydrogens is 262 g/mol. The van der Waals surface area contributed by atoms with Gasteiger partial charge in [0.25, 0.3) is 0 Å². The maximum absolute atomic E-state index is 12.0. The fourth-order valence-electron chi connectivity index (χ4n) is 2.60. The maximum Gasteiger partial charge on any atom is 0.224 e. The van der Waals surface area contributed by atoms with Crippen LogP contribution >= 0.6 is 0 Å². The van der Waals surface area contributed by atoms with E-state index < -0.39 is 0 Å². The van der Waals surface area contributed by atoms with Gasteiger partial charge < -0.3 is 10.1 Å². The molecule has 0 radical (unpaired) electrons. The Morgan fingerprint density at radius 3 is 2.62 bits per heavy atom. The number of rotatable bonds is 1. The largest absolute Gasteiger partial charge is 0.497 e. The number of allylic oxidation sites excluding steroid dienone is 1. The van der Waals surface area contributed by atoms with Gasteiger partial charge in [-0.1, -0.05) is 37.8 Å². The van der Waals surface area contributed by atoms with Gasteiger partial charge in [0.2, 0.25) is 5.91 Å². The fraction of sp³-hybridized carbons (Fsp3) is 0.500. The van der Waals surface area contributed by atoms with Crippen molar-refractivity contribution in [3.63, 3.8) is 0 Å². The highest BCUT2D eigenvalue weighted by Gasteiger charge is 2.07. The number of hydrogen-bond acceptors (Lipinski definition) is 2. The van der Waals surface area contributed by atoms with E-state index in [1.54, 1.807) is 7.11 Å². The molecule has 3 heteroatoms. The van der Waals surface area contributed by atoms with Gasteiger partial charge in [-0.3, -0.25) is 4.79 Å². The first kappa shape index (κ1) is 15.6. The van der Waals surface area contributed by atoms with E-state index in [0.29, 0.717) is 6.42 Å². The molecule has 21 heavy (non-hydrogen) atoms. The van der Waals surface area contributed by atoms with Gasteiger partial charge in [-0.15, -0.1) is 0 Å². The van der Waals surface area contributed by atoms with Gasteiger partial charge in [0.15, 0.2) is 0 Å². The Bertz CT molecular complexity index is 494. The number of anilines is 1. The lowest BCUT2D eigenvalue weighted by Gasteiger charge is -2.11. The van der Waals surface area contributed by atoms with Crippen LogP contribution in [0, 0.1) is 0 Å². The minimum absolute atomic E-state index is 0.104. The molecule has 1 aliphatic heterocycles. The van der Waals surface area contributed by atoms with Crippen LogP contribution in [-0.4, -0.2) is 13.0 Å². The molecule has 1 aliphatic rings. The zero-order chi connectivity index (χ0) is 14.9. The smallest absolute Gasteiger partial charge is 0.224 e. The molecule has 0 bridgehead atoms. The molecule has 0 atom stereocenters. The second-order valence-corrected chi connectivity index (χ2v) is 5.56. The third-order valence-electron chi connectivity index (χ3n) is 3.85. The molecule has 0 unspecified atom stereocenters. The zero-order valence-electron chi connectivity index (χ0n) is 12.9. The lowest BCUT2D eigenvalue weighted by molar-refractivity contribution is -0.116. The molecule has 0 spiro atoms. The van der Waals surface area contributed by atoms with Crippen molar-refractivity contribution in [2.24, 2.45) is 0 Å². The highest BCUT2D eigenvalue weighted by Crippen LogP contribution is 2.24. The first-order chi connectivity index (χ1) is 10.3. The van der Waals surface area contributed by atoms with Crippen LogP contribution in [0.2, 0.25) is 0 Å². The summed E-state index contributed by atoms with van der Waals surface area (Å²) in [6.45, 7) is 0. The first-order valence-electron chi connectivity index (χ1n) is 7.94. The van der Waals surface area contributed by atoms with Crippen molar-refractivity contribution in [2.45, 2.75) is 51.4 Å². The van der Waals surface area contributed by atoms with E-state index in [9.17, 15) is 4.79 Å². The molecule has 0 saturated carbocycles. The Kier molecular flexibility index (Phi) is 6.32. The minimum atomic E-state index is 0.104. The summed E-state index contributed by atoms with van der Waals surface area (Å²) >= 11 is 0. The number of ether oxygens (including phenoxy) is 1. The Balaban J connectivity index is 2.16. The SMILES string of the molecule is COc1ccc2c(c1)/C=C/CCCCCCCCC(=O)N2. The molecule has 3 nitrogen and oxygen atoms in total. The summed E-state index contributed by atoms with van der Waals surface area (Å²) < 4.78 is 5.27. The maximum atomic E-state index is 12.0. The lowest BCUT2D eigenvalue weighted by atomic mass is 10.1. The summed E-state index contributed by atoms with van der Waals surface area (Å²) in [6, 6.07) is 5.77. The summed E-state index contributed by atoms with van der Waals surface area (Å²) in [7, 11) is 1.66. The second kappa shape index (κ2) is 8.50. The van der Waals surface area contributed by atoms with Crippen molar-refractivity contribution in [1.82, 2.24) is 0 Å². The average Bonchev–Trinajstić information content (AvgIpc) is 2.50. The van der Waals surface area contributed by atoms with Crippen LogP contribution in [0.4, 0.5) is 5.69 Å². The van der Waals surface area contributed by atoms with Crippen molar-refractivity contribution in [1.29, 1.82) is 0 Å². The van der Waals surface area contributed by atoms with Crippen molar-refractivity contribution in [2.75, 3.05) is 12.4 Å². The fourth-order valence-corrected chi connectivity index (χ4v) is 2.60. The minimum Gasteiger partial charge on any atom is -0.497 e. The van der Waals surface area contributed by atoms with E-state index in [4.69, 9.17) is 4.74 Å². The van der Waals surface area contributed by atoms with Crippen molar-refractivity contribution in [3.05, 3.63) is 29.8 Å². The zero-order valence-corrected chi connectivity index (χ0v) is 12.9. The molecule has 114 valence electrons. The predicted molar refractivity (Wildman–Crippen MR) is 87.6 cm³/mol. The number of benzene rings is 1. The topological polar surface area (TPSA) is 38.3 Å². The van der Waals surface area contributed by atoms with Crippen LogP contribution in [-0.2, 0) is 4.79 Å². The normalized spacial score (nSPS) is 19.0.